The van der Waals surface area contributed by atoms with Gasteiger partial charge in [-0.1, -0.05) is 37.0 Å². The first kappa shape index (κ1) is 14.7. The van der Waals surface area contributed by atoms with Crippen LogP contribution >= 0.6 is 24.0 Å². The van der Waals surface area contributed by atoms with Crippen LogP contribution in [0.5, 0.6) is 0 Å². The van der Waals surface area contributed by atoms with Crippen molar-refractivity contribution in [2.24, 2.45) is 0 Å². The highest BCUT2D eigenvalue weighted by Crippen LogP contribution is 2.34. The lowest BCUT2D eigenvalue weighted by Gasteiger charge is -2.21. The maximum atomic E-state index is 12.3. The quantitative estimate of drug-likeness (QED) is 0.679. The number of thiocarbonyl (C=S) groups is 1. The normalized spacial score (nSPS) is 18.6. The molecule has 1 aromatic rings. The molecule has 1 N–H and O–H groups in total. The lowest BCUT2D eigenvalue weighted by Crippen LogP contribution is -2.43. The van der Waals surface area contributed by atoms with Gasteiger partial charge in [0, 0.05) is 12.4 Å². The van der Waals surface area contributed by atoms with Crippen LogP contribution in [0.15, 0.2) is 29.4 Å². The van der Waals surface area contributed by atoms with E-state index in [-0.39, 0.29) is 10.2 Å². The molecule has 0 aromatic carbocycles. The second-order valence-electron chi connectivity index (χ2n) is 4.10. The van der Waals surface area contributed by atoms with Gasteiger partial charge < -0.3 is 5.11 Å². The molecule has 0 aliphatic carbocycles. The van der Waals surface area contributed by atoms with Crippen molar-refractivity contribution in [3.8, 4) is 0 Å². The predicted molar refractivity (Wildman–Crippen MR) is 81.0 cm³/mol. The van der Waals surface area contributed by atoms with Gasteiger partial charge in [0.05, 0.1) is 4.91 Å². The molecule has 0 saturated carbocycles. The van der Waals surface area contributed by atoms with Crippen LogP contribution in [0.1, 0.15) is 18.9 Å². The second kappa shape index (κ2) is 6.15. The highest BCUT2D eigenvalue weighted by molar-refractivity contribution is 8.26. The molecule has 1 aromatic heterocycles. The number of hydrogen-bond donors (Lipinski definition) is 1. The largest absolute Gasteiger partial charge is 0.480 e. The summed E-state index contributed by atoms with van der Waals surface area (Å²) in [5.41, 5.74) is 0.774. The Morgan fingerprint density at radius 2 is 2.40 bits per heavy atom. The summed E-state index contributed by atoms with van der Waals surface area (Å²) in [5, 5.41) is 9.15. The van der Waals surface area contributed by atoms with Crippen molar-refractivity contribution in [1.82, 2.24) is 9.88 Å². The van der Waals surface area contributed by atoms with Crippen LogP contribution < -0.4 is 0 Å². The third-order valence-electron chi connectivity index (χ3n) is 2.79. The maximum absolute atomic E-state index is 12.3. The first-order chi connectivity index (χ1) is 9.54. The molecule has 1 aliphatic rings. The predicted octanol–water partition coefficient (Wildman–Crippen LogP) is 2.15. The highest BCUT2D eigenvalue weighted by Gasteiger charge is 2.39. The SMILES string of the molecule is CC[C@H](C(=O)O)N1C(=O)/C(=C/c2cccnc2)SC1=S. The van der Waals surface area contributed by atoms with Crippen LogP contribution in [0.2, 0.25) is 0 Å². The lowest BCUT2D eigenvalue weighted by molar-refractivity contribution is -0.145. The van der Waals surface area contributed by atoms with Gasteiger partial charge in [-0.15, -0.1) is 0 Å². The van der Waals surface area contributed by atoms with Gasteiger partial charge >= 0.3 is 5.97 Å². The second-order valence-corrected chi connectivity index (χ2v) is 5.78. The van der Waals surface area contributed by atoms with E-state index in [1.54, 1.807) is 31.5 Å². The molecular weight excluding hydrogens is 296 g/mol. The molecule has 1 aliphatic heterocycles. The first-order valence-corrected chi connectivity index (χ1v) is 7.17. The van der Waals surface area contributed by atoms with Crippen LogP contribution in [-0.4, -0.2) is 37.2 Å². The standard InChI is InChI=1S/C13H12N2O3S2/c1-2-9(12(17)18)15-11(16)10(20-13(15)19)6-8-4-3-5-14-7-8/h3-7,9H,2H2,1H3,(H,17,18)/b10-6-/t9-/m1/s1. The molecule has 7 heteroatoms. The van der Waals surface area contributed by atoms with Gasteiger partial charge in [0.1, 0.15) is 10.4 Å². The van der Waals surface area contributed by atoms with Gasteiger partial charge in [-0.25, -0.2) is 4.79 Å². The van der Waals surface area contributed by atoms with E-state index in [1.165, 1.54) is 4.90 Å². The summed E-state index contributed by atoms with van der Waals surface area (Å²) in [5.74, 6) is -1.41. The lowest BCUT2D eigenvalue weighted by atomic mass is 10.2. The van der Waals surface area contributed by atoms with E-state index in [2.05, 4.69) is 4.98 Å². The molecule has 5 nitrogen and oxygen atoms in total. The smallest absolute Gasteiger partial charge is 0.326 e. The number of carbonyl (C=O) groups excluding carboxylic acids is 1. The van der Waals surface area contributed by atoms with Crippen LogP contribution in [0.3, 0.4) is 0 Å². The van der Waals surface area contributed by atoms with Crippen molar-refractivity contribution in [1.29, 1.82) is 0 Å². The number of aromatic nitrogens is 1. The van der Waals surface area contributed by atoms with Crippen LogP contribution in [-0.2, 0) is 9.59 Å². The molecule has 0 radical (unpaired) electrons. The molecule has 1 saturated heterocycles. The Kier molecular flexibility index (Phi) is 4.51. The minimum atomic E-state index is -1.05. The van der Waals surface area contributed by atoms with E-state index in [4.69, 9.17) is 17.3 Å². The number of rotatable bonds is 4. The van der Waals surface area contributed by atoms with Gasteiger partial charge in [0.25, 0.3) is 5.91 Å². The number of carboxylic acid groups (broad SMARTS) is 1. The van der Waals surface area contributed by atoms with Gasteiger partial charge in [-0.2, -0.15) is 0 Å². The number of thioether (sulfide) groups is 1. The first-order valence-electron chi connectivity index (χ1n) is 5.94. The van der Waals surface area contributed by atoms with Crippen LogP contribution in [0.25, 0.3) is 6.08 Å². The summed E-state index contributed by atoms with van der Waals surface area (Å²) < 4.78 is 0.277. The maximum Gasteiger partial charge on any atom is 0.326 e. The third kappa shape index (κ3) is 2.88. The van der Waals surface area contributed by atoms with Gasteiger partial charge in [0.15, 0.2) is 0 Å². The average molecular weight is 308 g/mol. The molecule has 2 rings (SSSR count). The zero-order valence-electron chi connectivity index (χ0n) is 10.6. The molecular formula is C13H12N2O3S2. The van der Waals surface area contributed by atoms with Gasteiger partial charge in [-0.05, 0) is 24.1 Å². The number of hydrogen-bond acceptors (Lipinski definition) is 5. The Morgan fingerprint density at radius 1 is 1.65 bits per heavy atom. The highest BCUT2D eigenvalue weighted by atomic mass is 32.2. The third-order valence-corrected chi connectivity index (χ3v) is 4.12. The van der Waals surface area contributed by atoms with Gasteiger partial charge in [0.2, 0.25) is 0 Å². The summed E-state index contributed by atoms with van der Waals surface area (Å²) in [6.07, 6.45) is 5.24. The molecule has 2 heterocycles. The Bertz CT molecular complexity index is 587. The van der Waals surface area contributed by atoms with E-state index < -0.39 is 12.0 Å². The van der Waals surface area contributed by atoms with Crippen LogP contribution in [0.4, 0.5) is 0 Å². The Hall–Kier alpha value is -1.73. The summed E-state index contributed by atoms with van der Waals surface area (Å²) in [6, 6.07) is 2.66. The summed E-state index contributed by atoms with van der Waals surface area (Å²) in [7, 11) is 0. The number of nitrogens with zero attached hydrogens (tertiary/aromatic N) is 2. The summed E-state index contributed by atoms with van der Waals surface area (Å²) >= 11 is 6.24. The number of carbonyl (C=O) groups is 2. The zero-order chi connectivity index (χ0) is 14.7. The fourth-order valence-corrected chi connectivity index (χ4v) is 3.19. The molecule has 0 unspecified atom stereocenters. The van der Waals surface area contributed by atoms with E-state index in [9.17, 15) is 9.59 Å². The summed E-state index contributed by atoms with van der Waals surface area (Å²) in [4.78, 5) is 29.0. The molecule has 104 valence electrons. The van der Waals surface area contributed by atoms with Crippen molar-refractivity contribution in [2.45, 2.75) is 19.4 Å². The molecule has 20 heavy (non-hydrogen) atoms. The monoisotopic (exact) mass is 308 g/mol. The topological polar surface area (TPSA) is 70.5 Å². The Balaban J connectivity index is 2.29. The molecule has 0 bridgehead atoms. The van der Waals surface area contributed by atoms with Crippen LogP contribution in [0, 0.1) is 0 Å². The molecule has 0 spiro atoms. The Morgan fingerprint density at radius 3 is 2.95 bits per heavy atom. The zero-order valence-corrected chi connectivity index (χ0v) is 12.3. The van der Waals surface area contributed by atoms with Gasteiger partial charge in [-0.3, -0.25) is 14.7 Å². The Labute approximate surface area is 125 Å². The van der Waals surface area contributed by atoms with Crippen molar-refractivity contribution >= 4 is 46.3 Å². The molecule has 1 amide bonds. The number of pyridine rings is 1. The summed E-state index contributed by atoms with van der Waals surface area (Å²) in [6.45, 7) is 1.71. The van der Waals surface area contributed by atoms with E-state index in [0.717, 1.165) is 17.3 Å². The number of carboxylic acids is 1. The molecule has 1 fully saturated rings. The minimum absolute atomic E-state index is 0.277. The van der Waals surface area contributed by atoms with Crippen molar-refractivity contribution < 1.29 is 14.7 Å². The minimum Gasteiger partial charge on any atom is -0.480 e. The fourth-order valence-electron chi connectivity index (χ4n) is 1.83. The number of aliphatic carboxylic acids is 1. The molecule has 1 atom stereocenters. The van der Waals surface area contributed by atoms with Crippen molar-refractivity contribution in [2.75, 3.05) is 0 Å². The van der Waals surface area contributed by atoms with E-state index in [1.807, 2.05) is 6.07 Å². The van der Waals surface area contributed by atoms with E-state index in [0.29, 0.717) is 11.3 Å². The van der Waals surface area contributed by atoms with E-state index >= 15 is 0 Å². The fraction of sp³-hybridized carbons (Fsp3) is 0.231. The van der Waals surface area contributed by atoms with Crippen molar-refractivity contribution in [3.63, 3.8) is 0 Å². The van der Waals surface area contributed by atoms with Crippen molar-refractivity contribution in [3.05, 3.63) is 35.0 Å². The average Bonchev–Trinajstić information content (AvgIpc) is 2.68. The number of amides is 1.